The summed E-state index contributed by atoms with van der Waals surface area (Å²) in [5.74, 6) is 0.383. The van der Waals surface area contributed by atoms with E-state index in [2.05, 4.69) is 25.6 Å². The van der Waals surface area contributed by atoms with Crippen LogP contribution in [0, 0.1) is 0 Å². The van der Waals surface area contributed by atoms with E-state index in [-0.39, 0.29) is 30.6 Å². The van der Waals surface area contributed by atoms with Gasteiger partial charge in [0.25, 0.3) is 5.91 Å². The molecule has 0 bridgehead atoms. The molecule has 10 nitrogen and oxygen atoms in total. The molecule has 0 aliphatic heterocycles. The number of ether oxygens (including phenoxy) is 1. The second-order valence-electron chi connectivity index (χ2n) is 7.33. The third-order valence-corrected chi connectivity index (χ3v) is 5.01. The molecule has 1 amide bonds. The first-order chi connectivity index (χ1) is 16.1. The zero-order valence-electron chi connectivity index (χ0n) is 18.1. The molecule has 0 fully saturated rings. The van der Waals surface area contributed by atoms with E-state index in [4.69, 9.17) is 9.84 Å². The van der Waals surface area contributed by atoms with Gasteiger partial charge in [-0.25, -0.2) is 9.67 Å². The van der Waals surface area contributed by atoms with Crippen molar-refractivity contribution in [2.45, 2.75) is 19.9 Å². The van der Waals surface area contributed by atoms with Gasteiger partial charge in [-0.1, -0.05) is 12.1 Å². The van der Waals surface area contributed by atoms with Crippen molar-refractivity contribution in [3.63, 3.8) is 0 Å². The van der Waals surface area contributed by atoms with Crippen LogP contribution in [0.15, 0.2) is 48.7 Å². The lowest BCUT2D eigenvalue weighted by molar-refractivity contribution is 0.0851. The molecule has 0 aliphatic rings. The summed E-state index contributed by atoms with van der Waals surface area (Å²) in [6.07, 6.45) is 1.99. The molecule has 4 aromatic rings. The molecule has 0 atom stereocenters. The summed E-state index contributed by atoms with van der Waals surface area (Å²) in [6, 6.07) is 12.7. The zero-order valence-corrected chi connectivity index (χ0v) is 18.1. The number of nitrogens with one attached hydrogen (secondary N) is 2. The number of ketones is 1. The number of benzene rings is 2. The first kappa shape index (κ1) is 22.3. The lowest BCUT2D eigenvalue weighted by atomic mass is 10.1. The first-order valence-electron chi connectivity index (χ1n) is 10.6. The molecular formula is C23H24N6O4. The van der Waals surface area contributed by atoms with E-state index < -0.39 is 0 Å². The molecule has 170 valence electrons. The van der Waals surface area contributed by atoms with E-state index in [1.165, 1.54) is 10.9 Å². The average molecular weight is 448 g/mol. The van der Waals surface area contributed by atoms with Gasteiger partial charge in [-0.3, -0.25) is 9.59 Å². The number of aromatic nitrogens is 5. The number of fused-ring (bicyclic) bond motifs is 1. The van der Waals surface area contributed by atoms with Gasteiger partial charge in [0, 0.05) is 23.2 Å². The number of aliphatic hydroxyl groups excluding tert-OH is 1. The number of imidazole rings is 1. The minimum absolute atomic E-state index is 0.0406. The molecular weight excluding hydrogens is 424 g/mol. The van der Waals surface area contributed by atoms with E-state index in [0.29, 0.717) is 36.6 Å². The van der Waals surface area contributed by atoms with Crippen molar-refractivity contribution in [3.8, 4) is 11.4 Å². The van der Waals surface area contributed by atoms with Crippen LogP contribution in [-0.2, 0) is 11.3 Å². The van der Waals surface area contributed by atoms with Crippen LogP contribution in [0.25, 0.3) is 22.4 Å². The number of hydrogen-bond donors (Lipinski definition) is 3. The molecule has 0 saturated heterocycles. The summed E-state index contributed by atoms with van der Waals surface area (Å²) in [5.41, 5.74) is 3.87. The Morgan fingerprint density at radius 2 is 1.97 bits per heavy atom. The maximum atomic E-state index is 12.5. The minimum Gasteiger partial charge on any atom is -0.394 e. The predicted molar refractivity (Wildman–Crippen MR) is 122 cm³/mol. The van der Waals surface area contributed by atoms with Gasteiger partial charge in [0.05, 0.1) is 43.6 Å². The van der Waals surface area contributed by atoms with Crippen LogP contribution in [0.1, 0.15) is 34.2 Å². The van der Waals surface area contributed by atoms with Gasteiger partial charge in [-0.15, -0.1) is 5.10 Å². The summed E-state index contributed by atoms with van der Waals surface area (Å²) in [7, 11) is 0. The molecule has 0 aliphatic carbocycles. The third kappa shape index (κ3) is 5.30. The SMILES string of the molecule is CCC(=O)c1ccc2[nH]c(-c3ccc(NC(=O)c4cn(CCOCCO)nn4)cc3)nc2c1. The number of aliphatic hydroxyl groups is 1. The van der Waals surface area contributed by atoms with E-state index >= 15 is 0 Å². The van der Waals surface area contributed by atoms with Crippen molar-refractivity contribution in [1.82, 2.24) is 25.0 Å². The Balaban J connectivity index is 1.40. The molecule has 10 heteroatoms. The van der Waals surface area contributed by atoms with Crippen molar-refractivity contribution in [2.75, 3.05) is 25.1 Å². The summed E-state index contributed by atoms with van der Waals surface area (Å²) in [4.78, 5) is 32.2. The third-order valence-electron chi connectivity index (χ3n) is 5.01. The molecule has 0 radical (unpaired) electrons. The van der Waals surface area contributed by atoms with E-state index in [0.717, 1.165) is 16.6 Å². The number of nitrogens with zero attached hydrogens (tertiary/aromatic N) is 4. The summed E-state index contributed by atoms with van der Waals surface area (Å²) in [6.45, 7) is 2.85. The fraction of sp³-hybridized carbons (Fsp3) is 0.261. The van der Waals surface area contributed by atoms with Crippen LogP contribution >= 0.6 is 0 Å². The number of Topliss-reactive ketones (excluding diaryl/α,β-unsaturated/α-hetero) is 1. The number of rotatable bonds is 10. The maximum Gasteiger partial charge on any atom is 0.277 e. The van der Waals surface area contributed by atoms with E-state index in [1.807, 2.05) is 25.1 Å². The fourth-order valence-corrected chi connectivity index (χ4v) is 3.26. The highest BCUT2D eigenvalue weighted by Gasteiger charge is 2.12. The highest BCUT2D eigenvalue weighted by atomic mass is 16.5. The molecule has 3 N–H and O–H groups in total. The Kier molecular flexibility index (Phi) is 6.86. The first-order valence-corrected chi connectivity index (χ1v) is 10.6. The molecule has 0 spiro atoms. The smallest absolute Gasteiger partial charge is 0.277 e. The molecule has 33 heavy (non-hydrogen) atoms. The second kappa shape index (κ2) is 10.2. The Labute approximate surface area is 189 Å². The monoisotopic (exact) mass is 448 g/mol. The number of hydrogen-bond acceptors (Lipinski definition) is 7. The fourth-order valence-electron chi connectivity index (χ4n) is 3.26. The molecule has 2 heterocycles. The zero-order chi connectivity index (χ0) is 23.2. The van der Waals surface area contributed by atoms with Gasteiger partial charge in [0.2, 0.25) is 0 Å². The van der Waals surface area contributed by atoms with Gasteiger partial charge in [-0.05, 0) is 42.5 Å². The largest absolute Gasteiger partial charge is 0.394 e. The number of aromatic amines is 1. The molecule has 0 saturated carbocycles. The average Bonchev–Trinajstić information content (AvgIpc) is 3.48. The van der Waals surface area contributed by atoms with Gasteiger partial charge >= 0.3 is 0 Å². The van der Waals surface area contributed by atoms with Gasteiger partial charge in [-0.2, -0.15) is 0 Å². The minimum atomic E-state index is -0.373. The van der Waals surface area contributed by atoms with Crippen LogP contribution < -0.4 is 5.32 Å². The van der Waals surface area contributed by atoms with Crippen molar-refractivity contribution < 1.29 is 19.4 Å². The van der Waals surface area contributed by atoms with Crippen molar-refractivity contribution in [1.29, 1.82) is 0 Å². The molecule has 4 rings (SSSR count). The summed E-state index contributed by atoms with van der Waals surface area (Å²) >= 11 is 0. The summed E-state index contributed by atoms with van der Waals surface area (Å²) in [5, 5.41) is 19.3. The highest BCUT2D eigenvalue weighted by Crippen LogP contribution is 2.23. The van der Waals surface area contributed by atoms with Crippen LogP contribution in [0.3, 0.4) is 0 Å². The number of H-pyrrole nitrogens is 1. The lowest BCUT2D eigenvalue weighted by Gasteiger charge is -2.04. The van der Waals surface area contributed by atoms with Gasteiger partial charge < -0.3 is 20.1 Å². The van der Waals surface area contributed by atoms with E-state index in [1.54, 1.807) is 24.3 Å². The van der Waals surface area contributed by atoms with Crippen molar-refractivity contribution in [2.24, 2.45) is 0 Å². The van der Waals surface area contributed by atoms with Gasteiger partial charge in [0.15, 0.2) is 11.5 Å². The van der Waals surface area contributed by atoms with E-state index in [9.17, 15) is 9.59 Å². The molecule has 2 aromatic heterocycles. The second-order valence-corrected chi connectivity index (χ2v) is 7.33. The quantitative estimate of drug-likeness (QED) is 0.251. The standard InChI is InChI=1S/C23H24N6O4/c1-2-21(31)16-5-8-18-19(13-16)26-22(25-18)15-3-6-17(7-4-15)24-23(32)20-14-29(28-27-20)9-11-33-12-10-30/h3-8,13-14,30H,2,9-12H2,1H3,(H,24,32)(H,25,26). The lowest BCUT2D eigenvalue weighted by Crippen LogP contribution is -2.12. The Hall–Kier alpha value is -3.89. The number of anilines is 1. The number of carbonyl (C=O) groups is 2. The van der Waals surface area contributed by atoms with Gasteiger partial charge in [0.1, 0.15) is 5.82 Å². The Morgan fingerprint density at radius 3 is 2.73 bits per heavy atom. The van der Waals surface area contributed by atoms with Crippen LogP contribution in [0.5, 0.6) is 0 Å². The Bertz CT molecular complexity index is 1260. The van der Waals surface area contributed by atoms with Crippen molar-refractivity contribution in [3.05, 3.63) is 59.9 Å². The van der Waals surface area contributed by atoms with Crippen molar-refractivity contribution >= 4 is 28.4 Å². The molecule has 0 unspecified atom stereocenters. The summed E-state index contributed by atoms with van der Waals surface area (Å²) < 4.78 is 6.69. The van der Waals surface area contributed by atoms with Crippen LogP contribution in [0.4, 0.5) is 5.69 Å². The topological polar surface area (TPSA) is 135 Å². The number of amides is 1. The number of carbonyl (C=O) groups excluding carboxylic acids is 2. The van der Waals surface area contributed by atoms with Crippen LogP contribution in [0.2, 0.25) is 0 Å². The Morgan fingerprint density at radius 1 is 1.15 bits per heavy atom. The highest BCUT2D eigenvalue weighted by molar-refractivity contribution is 6.02. The van der Waals surface area contributed by atoms with Crippen LogP contribution in [-0.4, -0.2) is 61.6 Å². The predicted octanol–water partition coefficient (Wildman–Crippen LogP) is 2.68. The normalized spacial score (nSPS) is 11.1. The maximum absolute atomic E-state index is 12.5. The molecule has 2 aromatic carbocycles.